The average Bonchev–Trinajstić information content (AvgIpc) is 2.32. The molecule has 2 heterocycles. The molecule has 0 aliphatic heterocycles. The molecule has 0 atom stereocenters. The van der Waals surface area contributed by atoms with Crippen molar-refractivity contribution in [2.24, 2.45) is 0 Å². The van der Waals surface area contributed by atoms with Gasteiger partial charge in [0.05, 0.1) is 0 Å². The minimum absolute atomic E-state index is 0.330. The summed E-state index contributed by atoms with van der Waals surface area (Å²) in [6.45, 7) is 0.586. The van der Waals surface area contributed by atoms with Gasteiger partial charge in [-0.2, -0.15) is 5.10 Å². The molecule has 0 fully saturated rings. The van der Waals surface area contributed by atoms with E-state index in [9.17, 15) is 0 Å². The molecule has 0 aliphatic rings. The van der Waals surface area contributed by atoms with Crippen LogP contribution in [0.5, 0.6) is 0 Å². The predicted octanol–water partition coefficient (Wildman–Crippen LogP) is 2.31. The summed E-state index contributed by atoms with van der Waals surface area (Å²) in [5.74, 6) is 0. The van der Waals surface area contributed by atoms with Crippen LogP contribution in [-0.4, -0.2) is 14.8 Å². The van der Waals surface area contributed by atoms with E-state index in [-0.39, 0.29) is 0 Å². The van der Waals surface area contributed by atoms with E-state index in [4.69, 9.17) is 28.6 Å². The van der Waals surface area contributed by atoms with E-state index in [1.165, 1.54) is 0 Å². The average molecular weight is 269 g/mol. The van der Waals surface area contributed by atoms with Crippen LogP contribution in [0.3, 0.4) is 0 Å². The number of pyridine rings is 1. The molecule has 2 aromatic rings. The van der Waals surface area contributed by atoms with Gasteiger partial charge in [-0.25, -0.2) is 9.67 Å². The normalized spacial score (nSPS) is 10.5. The highest BCUT2D eigenvalue weighted by Gasteiger charge is 1.99. The summed E-state index contributed by atoms with van der Waals surface area (Å²) in [5, 5.41) is 12.6. The highest BCUT2D eigenvalue weighted by atomic mass is 35.5. The third kappa shape index (κ3) is 3.28. The summed E-state index contributed by atoms with van der Waals surface area (Å²) in [7, 11) is 0. The van der Waals surface area contributed by atoms with E-state index in [0.29, 0.717) is 22.3 Å². The Hall–Kier alpha value is -1.39. The van der Waals surface area contributed by atoms with Crippen LogP contribution in [-0.2, 0) is 13.0 Å². The first-order chi connectivity index (χ1) is 8.15. The second kappa shape index (κ2) is 5.29. The Bertz CT molecular complexity index is 562. The van der Waals surface area contributed by atoms with Crippen LogP contribution in [0.1, 0.15) is 5.56 Å². The van der Waals surface area contributed by atoms with Gasteiger partial charge in [-0.05, 0) is 30.2 Å². The predicted molar refractivity (Wildman–Crippen MR) is 66.0 cm³/mol. The molecule has 0 amide bonds. The minimum Gasteiger partial charge on any atom is -0.283 e. The summed E-state index contributed by atoms with van der Waals surface area (Å²) in [6.07, 6.45) is 2.45. The van der Waals surface area contributed by atoms with Gasteiger partial charge in [0.1, 0.15) is 15.8 Å². The summed E-state index contributed by atoms with van der Waals surface area (Å²) in [4.78, 5) is 3.99. The van der Waals surface area contributed by atoms with Gasteiger partial charge < -0.3 is 0 Å². The van der Waals surface area contributed by atoms with Crippen molar-refractivity contribution in [3.05, 3.63) is 51.8 Å². The van der Waals surface area contributed by atoms with Gasteiger partial charge in [-0.15, -0.1) is 0 Å². The lowest BCUT2D eigenvalue weighted by atomic mass is 10.2. The second-order valence-electron chi connectivity index (χ2n) is 3.50. The fraction of sp³-hybridized carbons (Fsp3) is 0.182. The maximum Gasteiger partial charge on any atom is 0.149 e. The molecule has 0 radical (unpaired) electrons. The summed E-state index contributed by atoms with van der Waals surface area (Å²) < 4.78 is 1.55. The lowest BCUT2D eigenvalue weighted by Crippen LogP contribution is -2.23. The molecule has 0 aromatic carbocycles. The largest absolute Gasteiger partial charge is 0.283 e. The van der Waals surface area contributed by atoms with Gasteiger partial charge in [0.15, 0.2) is 0 Å². The number of rotatable bonds is 3. The quantitative estimate of drug-likeness (QED) is 0.869. The monoisotopic (exact) mass is 268 g/mol. The highest BCUT2D eigenvalue weighted by molar-refractivity contribution is 6.29. The van der Waals surface area contributed by atoms with Crippen molar-refractivity contribution in [3.8, 4) is 0 Å². The van der Waals surface area contributed by atoms with Crippen LogP contribution in [0.15, 0.2) is 30.5 Å². The second-order valence-corrected chi connectivity index (χ2v) is 4.28. The molecule has 0 bridgehead atoms. The molecule has 2 aromatic heterocycles. The van der Waals surface area contributed by atoms with Crippen molar-refractivity contribution in [2.45, 2.75) is 13.0 Å². The first kappa shape index (κ1) is 12.1. The number of nitrogens with one attached hydrogen (secondary N) is 1. The SMILES string of the molecule is N=c1ccc(Cl)nn1CCc1ccc(Cl)nc1. The van der Waals surface area contributed by atoms with E-state index < -0.39 is 0 Å². The topological polar surface area (TPSA) is 54.6 Å². The van der Waals surface area contributed by atoms with E-state index >= 15 is 0 Å². The molecule has 0 saturated carbocycles. The van der Waals surface area contributed by atoms with E-state index in [0.717, 1.165) is 12.0 Å². The number of hydrogen-bond acceptors (Lipinski definition) is 3. The number of hydrogen-bond donors (Lipinski definition) is 1. The Morgan fingerprint density at radius 1 is 1.12 bits per heavy atom. The zero-order valence-electron chi connectivity index (χ0n) is 8.90. The molecule has 2 rings (SSSR count). The van der Waals surface area contributed by atoms with Crippen LogP contribution in [0, 0.1) is 5.41 Å². The molecule has 6 heteroatoms. The van der Waals surface area contributed by atoms with Crippen LogP contribution < -0.4 is 5.49 Å². The molecule has 1 N–H and O–H groups in total. The van der Waals surface area contributed by atoms with Gasteiger partial charge in [0.2, 0.25) is 0 Å². The standard InChI is InChI=1S/C11H10Cl2N4/c12-9-2-1-8(7-15-9)5-6-17-11(14)4-3-10(13)16-17/h1-4,7,14H,5-6H2. The zero-order valence-corrected chi connectivity index (χ0v) is 10.4. The van der Waals surface area contributed by atoms with Crippen molar-refractivity contribution in [3.63, 3.8) is 0 Å². The van der Waals surface area contributed by atoms with Crippen molar-refractivity contribution in [1.82, 2.24) is 14.8 Å². The molecule has 0 spiro atoms. The summed E-state index contributed by atoms with van der Waals surface area (Å²) in [6, 6.07) is 6.87. The van der Waals surface area contributed by atoms with Gasteiger partial charge in [-0.3, -0.25) is 5.41 Å². The van der Waals surface area contributed by atoms with Crippen LogP contribution in [0.2, 0.25) is 10.3 Å². The number of halogens is 2. The van der Waals surface area contributed by atoms with Crippen LogP contribution >= 0.6 is 23.2 Å². The molecule has 0 saturated heterocycles. The fourth-order valence-corrected chi connectivity index (χ4v) is 1.66. The van der Waals surface area contributed by atoms with Crippen molar-refractivity contribution >= 4 is 23.2 Å². The third-order valence-electron chi connectivity index (χ3n) is 2.27. The molecule has 88 valence electrons. The summed E-state index contributed by atoms with van der Waals surface area (Å²) in [5.41, 5.74) is 1.37. The fourth-order valence-electron chi connectivity index (χ4n) is 1.40. The Morgan fingerprint density at radius 2 is 1.88 bits per heavy atom. The first-order valence-electron chi connectivity index (χ1n) is 5.04. The zero-order chi connectivity index (χ0) is 12.3. The molecular formula is C11H10Cl2N4. The molecule has 4 nitrogen and oxygen atoms in total. The molecule has 0 aliphatic carbocycles. The van der Waals surface area contributed by atoms with Gasteiger partial charge in [0, 0.05) is 12.7 Å². The minimum atomic E-state index is 0.330. The molecule has 0 unspecified atom stereocenters. The first-order valence-corrected chi connectivity index (χ1v) is 5.79. The number of aromatic nitrogens is 3. The van der Waals surface area contributed by atoms with Gasteiger partial charge >= 0.3 is 0 Å². The Balaban J connectivity index is 2.09. The van der Waals surface area contributed by atoms with E-state index in [2.05, 4.69) is 10.1 Å². The summed E-state index contributed by atoms with van der Waals surface area (Å²) >= 11 is 11.5. The number of aryl methyl sites for hydroxylation is 2. The highest BCUT2D eigenvalue weighted by Crippen LogP contribution is 2.06. The van der Waals surface area contributed by atoms with E-state index in [1.807, 2.05) is 6.07 Å². The van der Waals surface area contributed by atoms with Crippen molar-refractivity contribution in [2.75, 3.05) is 0 Å². The Morgan fingerprint density at radius 3 is 2.59 bits per heavy atom. The van der Waals surface area contributed by atoms with Crippen LogP contribution in [0.25, 0.3) is 0 Å². The smallest absolute Gasteiger partial charge is 0.149 e. The lowest BCUT2D eigenvalue weighted by Gasteiger charge is -2.05. The van der Waals surface area contributed by atoms with Gasteiger partial charge in [-0.1, -0.05) is 29.3 Å². The molecular weight excluding hydrogens is 259 g/mol. The van der Waals surface area contributed by atoms with Gasteiger partial charge in [0.25, 0.3) is 0 Å². The Kier molecular flexibility index (Phi) is 3.76. The maximum absolute atomic E-state index is 7.67. The van der Waals surface area contributed by atoms with Crippen molar-refractivity contribution in [1.29, 1.82) is 5.41 Å². The molecule has 17 heavy (non-hydrogen) atoms. The van der Waals surface area contributed by atoms with Crippen LogP contribution in [0.4, 0.5) is 0 Å². The Labute approximate surface area is 108 Å². The number of nitrogens with zero attached hydrogens (tertiary/aromatic N) is 3. The lowest BCUT2D eigenvalue weighted by molar-refractivity contribution is 0.563. The maximum atomic E-state index is 7.67. The third-order valence-corrected chi connectivity index (χ3v) is 2.70. The van der Waals surface area contributed by atoms with E-state index in [1.54, 1.807) is 29.1 Å². The van der Waals surface area contributed by atoms with Crippen molar-refractivity contribution < 1.29 is 0 Å².